The number of carbonyl (C=O) groups excluding carboxylic acids is 2. The lowest BCUT2D eigenvalue weighted by molar-refractivity contribution is -0.135. The minimum atomic E-state index is -0.279. The Morgan fingerprint density at radius 2 is 2.00 bits per heavy atom. The lowest BCUT2D eigenvalue weighted by Gasteiger charge is -2.33. The molecule has 7 heteroatoms. The van der Waals surface area contributed by atoms with E-state index >= 15 is 0 Å². The zero-order valence-electron chi connectivity index (χ0n) is 12.2. The van der Waals surface area contributed by atoms with Crippen molar-refractivity contribution in [2.45, 2.75) is 32.7 Å². The van der Waals surface area contributed by atoms with Gasteiger partial charge >= 0.3 is 0 Å². The highest BCUT2D eigenvalue weighted by molar-refractivity contribution is 6.29. The fourth-order valence-corrected chi connectivity index (χ4v) is 2.47. The maximum Gasteiger partial charge on any atom is 0.271 e. The van der Waals surface area contributed by atoms with Gasteiger partial charge < -0.3 is 10.2 Å². The Labute approximate surface area is 128 Å². The van der Waals surface area contributed by atoms with Crippen molar-refractivity contribution in [3.05, 3.63) is 23.2 Å². The number of nitrogens with zero attached hydrogens (tertiary/aromatic N) is 3. The fraction of sp³-hybridized carbons (Fsp3) is 0.571. The van der Waals surface area contributed by atoms with Gasteiger partial charge in [-0.2, -0.15) is 0 Å². The van der Waals surface area contributed by atoms with Gasteiger partial charge in [-0.15, -0.1) is 0 Å². The van der Waals surface area contributed by atoms with E-state index in [9.17, 15) is 9.59 Å². The van der Waals surface area contributed by atoms with Gasteiger partial charge in [0.05, 0.1) is 12.4 Å². The van der Waals surface area contributed by atoms with Crippen LogP contribution in [0.25, 0.3) is 0 Å². The molecule has 2 amide bonds. The molecule has 0 bridgehead atoms. The highest BCUT2D eigenvalue weighted by atomic mass is 35.5. The van der Waals surface area contributed by atoms with Gasteiger partial charge in [0.25, 0.3) is 5.91 Å². The van der Waals surface area contributed by atoms with Crippen LogP contribution in [0, 0.1) is 5.92 Å². The van der Waals surface area contributed by atoms with Gasteiger partial charge in [-0.25, -0.2) is 4.98 Å². The number of piperidine rings is 1. The molecule has 0 unspecified atom stereocenters. The molecule has 21 heavy (non-hydrogen) atoms. The normalized spacial score (nSPS) is 16.1. The van der Waals surface area contributed by atoms with Crippen LogP contribution in [0.5, 0.6) is 0 Å². The van der Waals surface area contributed by atoms with Crippen molar-refractivity contribution in [2.24, 2.45) is 5.92 Å². The third kappa shape index (κ3) is 4.14. The summed E-state index contributed by atoms with van der Waals surface area (Å²) in [6, 6.07) is 0.0505. The molecular weight excluding hydrogens is 292 g/mol. The number of rotatable bonds is 3. The van der Waals surface area contributed by atoms with Gasteiger partial charge in [0.15, 0.2) is 0 Å². The molecule has 2 heterocycles. The topological polar surface area (TPSA) is 75.2 Å². The highest BCUT2D eigenvalue weighted by Gasteiger charge is 2.25. The second-order valence-electron chi connectivity index (χ2n) is 5.45. The van der Waals surface area contributed by atoms with Gasteiger partial charge in [0.1, 0.15) is 10.8 Å². The zero-order valence-corrected chi connectivity index (χ0v) is 12.9. The maximum atomic E-state index is 12.0. The van der Waals surface area contributed by atoms with Crippen molar-refractivity contribution in [3.8, 4) is 0 Å². The Hall–Kier alpha value is -1.69. The maximum absolute atomic E-state index is 12.0. The number of likely N-dealkylation sites (tertiary alicyclic amines) is 1. The second kappa shape index (κ2) is 6.85. The summed E-state index contributed by atoms with van der Waals surface area (Å²) in [6.45, 7) is 5.13. The van der Waals surface area contributed by atoms with E-state index in [1.165, 1.54) is 12.4 Å². The Bertz CT molecular complexity index is 527. The van der Waals surface area contributed by atoms with E-state index < -0.39 is 0 Å². The first-order chi connectivity index (χ1) is 9.97. The first kappa shape index (κ1) is 15.7. The van der Waals surface area contributed by atoms with Gasteiger partial charge in [0, 0.05) is 25.0 Å². The summed E-state index contributed by atoms with van der Waals surface area (Å²) in [6.07, 6.45) is 4.27. The molecule has 114 valence electrons. The molecule has 1 saturated heterocycles. The number of hydrogen-bond donors (Lipinski definition) is 1. The summed E-state index contributed by atoms with van der Waals surface area (Å²) >= 11 is 5.72. The van der Waals surface area contributed by atoms with E-state index in [1.54, 1.807) is 0 Å². The predicted molar refractivity (Wildman–Crippen MR) is 78.9 cm³/mol. The van der Waals surface area contributed by atoms with Crippen LogP contribution in [-0.4, -0.2) is 45.8 Å². The van der Waals surface area contributed by atoms with E-state index in [1.807, 2.05) is 18.7 Å². The van der Waals surface area contributed by atoms with E-state index in [0.29, 0.717) is 13.1 Å². The average Bonchev–Trinajstić information content (AvgIpc) is 2.47. The smallest absolute Gasteiger partial charge is 0.271 e. The summed E-state index contributed by atoms with van der Waals surface area (Å²) < 4.78 is 0. The van der Waals surface area contributed by atoms with Crippen molar-refractivity contribution in [3.63, 3.8) is 0 Å². The molecule has 6 nitrogen and oxygen atoms in total. The summed E-state index contributed by atoms with van der Waals surface area (Å²) in [5, 5.41) is 3.11. The minimum absolute atomic E-state index is 0.0119. The van der Waals surface area contributed by atoms with Crippen LogP contribution in [0.2, 0.25) is 5.15 Å². The number of nitrogens with one attached hydrogen (secondary N) is 1. The molecule has 0 aliphatic carbocycles. The van der Waals surface area contributed by atoms with Crippen molar-refractivity contribution >= 4 is 23.4 Å². The molecule has 0 radical (unpaired) electrons. The summed E-state index contributed by atoms with van der Waals surface area (Å²) in [5.74, 6) is -0.100. The van der Waals surface area contributed by atoms with Gasteiger partial charge in [-0.1, -0.05) is 25.4 Å². The quantitative estimate of drug-likeness (QED) is 0.918. The molecule has 1 aliphatic rings. The molecule has 1 aliphatic heterocycles. The molecule has 0 atom stereocenters. The van der Waals surface area contributed by atoms with Gasteiger partial charge in [-0.05, 0) is 12.8 Å². The van der Waals surface area contributed by atoms with Crippen LogP contribution in [0.3, 0.4) is 0 Å². The second-order valence-corrected chi connectivity index (χ2v) is 5.84. The van der Waals surface area contributed by atoms with Crippen LogP contribution in [0.15, 0.2) is 12.4 Å². The van der Waals surface area contributed by atoms with Gasteiger partial charge in [0.2, 0.25) is 5.91 Å². The van der Waals surface area contributed by atoms with Crippen LogP contribution in [0.1, 0.15) is 37.2 Å². The van der Waals surface area contributed by atoms with E-state index in [4.69, 9.17) is 11.6 Å². The lowest BCUT2D eigenvalue weighted by Crippen LogP contribution is -2.47. The third-order valence-electron chi connectivity index (χ3n) is 3.47. The molecule has 1 aromatic rings. The Kier molecular flexibility index (Phi) is 5.12. The van der Waals surface area contributed by atoms with E-state index in [2.05, 4.69) is 15.3 Å². The highest BCUT2D eigenvalue weighted by Crippen LogP contribution is 2.14. The zero-order chi connectivity index (χ0) is 15.4. The lowest BCUT2D eigenvalue weighted by atomic mass is 10.0. The molecule has 0 spiro atoms. The molecule has 1 fully saturated rings. The predicted octanol–water partition coefficient (Wildman–Crippen LogP) is 1.51. The van der Waals surface area contributed by atoms with Crippen molar-refractivity contribution in [1.29, 1.82) is 0 Å². The summed E-state index contributed by atoms with van der Waals surface area (Å²) in [7, 11) is 0. The Balaban J connectivity index is 1.86. The van der Waals surface area contributed by atoms with E-state index in [-0.39, 0.29) is 34.6 Å². The molecule has 1 N–H and O–H groups in total. The van der Waals surface area contributed by atoms with Crippen LogP contribution in [-0.2, 0) is 4.79 Å². The summed E-state index contributed by atoms with van der Waals surface area (Å²) in [4.78, 5) is 33.6. The number of amides is 2. The van der Waals surface area contributed by atoms with Crippen molar-refractivity contribution in [2.75, 3.05) is 13.1 Å². The van der Waals surface area contributed by atoms with Crippen LogP contribution >= 0.6 is 11.6 Å². The first-order valence-electron chi connectivity index (χ1n) is 7.04. The number of aromatic nitrogens is 2. The summed E-state index contributed by atoms with van der Waals surface area (Å²) in [5.41, 5.74) is 0.211. The molecule has 0 aromatic carbocycles. The molecule has 0 saturated carbocycles. The number of halogens is 1. The van der Waals surface area contributed by atoms with Gasteiger partial charge in [-0.3, -0.25) is 14.6 Å². The third-order valence-corrected chi connectivity index (χ3v) is 3.66. The number of hydrogen-bond acceptors (Lipinski definition) is 4. The molecule has 2 rings (SSSR count). The van der Waals surface area contributed by atoms with Crippen LogP contribution < -0.4 is 5.32 Å². The molecular formula is C14H19ClN4O2. The Morgan fingerprint density at radius 3 is 2.57 bits per heavy atom. The van der Waals surface area contributed by atoms with Crippen LogP contribution in [0.4, 0.5) is 0 Å². The van der Waals surface area contributed by atoms with Crippen molar-refractivity contribution in [1.82, 2.24) is 20.2 Å². The van der Waals surface area contributed by atoms with E-state index in [0.717, 1.165) is 12.8 Å². The largest absolute Gasteiger partial charge is 0.348 e. The number of carbonyl (C=O) groups is 2. The average molecular weight is 311 g/mol. The fourth-order valence-electron chi connectivity index (χ4n) is 2.32. The first-order valence-corrected chi connectivity index (χ1v) is 7.42. The SMILES string of the molecule is CC(C)C(=O)N1CCC(NC(=O)c2cncc(Cl)n2)CC1. The minimum Gasteiger partial charge on any atom is -0.348 e. The Morgan fingerprint density at radius 1 is 1.33 bits per heavy atom. The van der Waals surface area contributed by atoms with Crippen molar-refractivity contribution < 1.29 is 9.59 Å². The molecule has 1 aromatic heterocycles. The monoisotopic (exact) mass is 310 g/mol. The standard InChI is InChI=1S/C14H19ClN4O2/c1-9(2)14(21)19-5-3-10(4-6-19)17-13(20)11-7-16-8-12(15)18-11/h7-10H,3-6H2,1-2H3,(H,17,20).